The van der Waals surface area contributed by atoms with Crippen LogP contribution in [-0.2, 0) is 17.9 Å². The van der Waals surface area contributed by atoms with Crippen LogP contribution in [0.3, 0.4) is 0 Å². The Morgan fingerprint density at radius 3 is 3.10 bits per heavy atom. The van der Waals surface area contributed by atoms with Crippen molar-refractivity contribution in [1.82, 2.24) is 9.88 Å². The van der Waals surface area contributed by atoms with Gasteiger partial charge in [-0.15, -0.1) is 11.3 Å². The lowest BCUT2D eigenvalue weighted by molar-refractivity contribution is 0.108. The molecule has 0 saturated heterocycles. The van der Waals surface area contributed by atoms with E-state index in [0.717, 1.165) is 22.7 Å². The van der Waals surface area contributed by atoms with Gasteiger partial charge in [0.1, 0.15) is 18.2 Å². The third-order valence-corrected chi connectivity index (χ3v) is 3.83. The Kier molecular flexibility index (Phi) is 3.66. The quantitative estimate of drug-likeness (QED) is 0.852. The first-order valence-corrected chi connectivity index (χ1v) is 6.99. The maximum atomic E-state index is 13.4. The minimum absolute atomic E-state index is 0.129. The second-order valence-corrected chi connectivity index (χ2v) is 5.33. The smallest absolute Gasteiger partial charge is 0.414 e. The average molecular weight is 308 g/mol. The van der Waals surface area contributed by atoms with Crippen LogP contribution in [0.5, 0.6) is 0 Å². The Bertz CT molecular complexity index is 715. The van der Waals surface area contributed by atoms with E-state index in [9.17, 15) is 13.6 Å². The standard InChI is InChI=1S/C14H10F2N2O2S/c15-10-2-1-9(11(16)5-10)7-20-14(19)18-4-3-12-13(6-18)21-8-17-12/h1-5,8H,6-7H2. The van der Waals surface area contributed by atoms with Gasteiger partial charge in [-0.1, -0.05) is 0 Å². The van der Waals surface area contributed by atoms with E-state index >= 15 is 0 Å². The van der Waals surface area contributed by atoms with E-state index in [1.807, 2.05) is 0 Å². The van der Waals surface area contributed by atoms with Crippen LogP contribution in [-0.4, -0.2) is 16.0 Å². The Morgan fingerprint density at radius 2 is 2.29 bits per heavy atom. The van der Waals surface area contributed by atoms with Gasteiger partial charge in [0.15, 0.2) is 0 Å². The lowest BCUT2D eigenvalue weighted by Gasteiger charge is -2.20. The molecule has 1 amide bonds. The fourth-order valence-electron chi connectivity index (χ4n) is 1.89. The highest BCUT2D eigenvalue weighted by atomic mass is 32.1. The van der Waals surface area contributed by atoms with Gasteiger partial charge >= 0.3 is 6.09 Å². The highest BCUT2D eigenvalue weighted by Gasteiger charge is 2.20. The number of thiazole rings is 1. The molecule has 1 aliphatic heterocycles. The van der Waals surface area contributed by atoms with Crippen molar-refractivity contribution in [2.24, 2.45) is 0 Å². The number of hydrogen-bond donors (Lipinski definition) is 0. The van der Waals surface area contributed by atoms with Gasteiger partial charge in [0.25, 0.3) is 0 Å². The van der Waals surface area contributed by atoms with Gasteiger partial charge in [0.2, 0.25) is 0 Å². The lowest BCUT2D eigenvalue weighted by Crippen LogP contribution is -2.27. The van der Waals surface area contributed by atoms with Gasteiger partial charge in [-0.2, -0.15) is 0 Å². The summed E-state index contributed by atoms with van der Waals surface area (Å²) in [5.41, 5.74) is 2.68. The number of rotatable bonds is 2. The normalized spacial score (nSPS) is 13.1. The second-order valence-electron chi connectivity index (χ2n) is 4.39. The van der Waals surface area contributed by atoms with Crippen LogP contribution in [0.1, 0.15) is 16.1 Å². The highest BCUT2D eigenvalue weighted by Crippen LogP contribution is 2.23. The summed E-state index contributed by atoms with van der Waals surface area (Å²) in [4.78, 5) is 18.4. The molecular formula is C14H10F2N2O2S. The number of hydrogen-bond acceptors (Lipinski definition) is 4. The van der Waals surface area contributed by atoms with E-state index in [1.165, 1.54) is 22.3 Å². The molecule has 0 bridgehead atoms. The minimum Gasteiger partial charge on any atom is -0.444 e. The molecule has 1 aromatic heterocycles. The van der Waals surface area contributed by atoms with Crippen molar-refractivity contribution in [2.45, 2.75) is 13.2 Å². The van der Waals surface area contributed by atoms with Crippen molar-refractivity contribution in [3.63, 3.8) is 0 Å². The molecule has 2 aromatic rings. The van der Waals surface area contributed by atoms with Crippen LogP contribution in [0, 0.1) is 11.6 Å². The lowest BCUT2D eigenvalue weighted by atomic mass is 10.2. The molecule has 0 aliphatic carbocycles. The van der Waals surface area contributed by atoms with Gasteiger partial charge in [-0.25, -0.2) is 18.6 Å². The maximum absolute atomic E-state index is 13.4. The number of aromatic nitrogens is 1. The Hall–Kier alpha value is -2.28. The minimum atomic E-state index is -0.735. The molecule has 1 aromatic carbocycles. The van der Waals surface area contributed by atoms with Crippen molar-refractivity contribution in [3.8, 4) is 0 Å². The molecule has 0 fully saturated rings. The molecule has 4 nitrogen and oxygen atoms in total. The SMILES string of the molecule is O=C(OCc1ccc(F)cc1F)N1C=Cc2ncsc2C1. The number of carbonyl (C=O) groups is 1. The zero-order valence-electron chi connectivity index (χ0n) is 10.8. The number of amides is 1. The zero-order valence-corrected chi connectivity index (χ0v) is 11.6. The van der Waals surface area contributed by atoms with Crippen molar-refractivity contribution in [3.05, 3.63) is 57.7 Å². The Morgan fingerprint density at radius 1 is 1.43 bits per heavy atom. The van der Waals surface area contributed by atoms with E-state index in [2.05, 4.69) is 4.98 Å². The van der Waals surface area contributed by atoms with Crippen LogP contribution in [0.4, 0.5) is 13.6 Å². The number of fused-ring (bicyclic) bond motifs is 1. The third-order valence-electron chi connectivity index (χ3n) is 3.00. The maximum Gasteiger partial charge on any atom is 0.414 e. The van der Waals surface area contributed by atoms with Crippen LogP contribution < -0.4 is 0 Å². The van der Waals surface area contributed by atoms with Gasteiger partial charge < -0.3 is 4.74 Å². The molecule has 0 saturated carbocycles. The van der Waals surface area contributed by atoms with Gasteiger partial charge in [-0.3, -0.25) is 4.90 Å². The van der Waals surface area contributed by atoms with Gasteiger partial charge in [-0.05, 0) is 18.2 Å². The topological polar surface area (TPSA) is 42.4 Å². The van der Waals surface area contributed by atoms with Gasteiger partial charge in [0.05, 0.1) is 22.6 Å². The number of carbonyl (C=O) groups excluding carboxylic acids is 1. The summed E-state index contributed by atoms with van der Waals surface area (Å²) in [6.07, 6.45) is 2.70. The summed E-state index contributed by atoms with van der Waals surface area (Å²) in [6.45, 7) is 0.131. The van der Waals surface area contributed by atoms with E-state index in [-0.39, 0.29) is 12.2 Å². The molecule has 1 aliphatic rings. The van der Waals surface area contributed by atoms with E-state index in [1.54, 1.807) is 17.8 Å². The van der Waals surface area contributed by atoms with E-state index < -0.39 is 17.7 Å². The molecule has 0 N–H and O–H groups in total. The average Bonchev–Trinajstić information content (AvgIpc) is 2.93. The van der Waals surface area contributed by atoms with Crippen LogP contribution in [0.15, 0.2) is 29.9 Å². The molecule has 2 heterocycles. The van der Waals surface area contributed by atoms with E-state index in [0.29, 0.717) is 6.54 Å². The van der Waals surface area contributed by atoms with Crippen LogP contribution in [0.2, 0.25) is 0 Å². The molecular weight excluding hydrogens is 298 g/mol. The number of halogens is 2. The number of ether oxygens (including phenoxy) is 1. The molecule has 21 heavy (non-hydrogen) atoms. The van der Waals surface area contributed by atoms with Crippen molar-refractivity contribution in [1.29, 1.82) is 0 Å². The van der Waals surface area contributed by atoms with E-state index in [4.69, 9.17) is 4.74 Å². The molecule has 3 rings (SSSR count). The largest absolute Gasteiger partial charge is 0.444 e. The highest BCUT2D eigenvalue weighted by molar-refractivity contribution is 7.09. The summed E-state index contributed by atoms with van der Waals surface area (Å²) in [5.74, 6) is -1.40. The van der Waals surface area contributed by atoms with Crippen LogP contribution in [0.25, 0.3) is 6.08 Å². The fourth-order valence-corrected chi connectivity index (χ4v) is 2.64. The third kappa shape index (κ3) is 2.92. The molecule has 108 valence electrons. The fraction of sp³-hybridized carbons (Fsp3) is 0.143. The first-order chi connectivity index (χ1) is 10.1. The first kappa shape index (κ1) is 13.7. The molecule has 0 radical (unpaired) electrons. The summed E-state index contributed by atoms with van der Waals surface area (Å²) in [7, 11) is 0. The Labute approximate surface area is 123 Å². The number of benzene rings is 1. The summed E-state index contributed by atoms with van der Waals surface area (Å²) < 4.78 is 31.2. The molecule has 7 heteroatoms. The first-order valence-electron chi connectivity index (χ1n) is 6.11. The second kappa shape index (κ2) is 5.61. The zero-order chi connectivity index (χ0) is 14.8. The monoisotopic (exact) mass is 308 g/mol. The predicted molar refractivity (Wildman–Crippen MR) is 73.2 cm³/mol. The molecule has 0 atom stereocenters. The number of nitrogens with zero attached hydrogens (tertiary/aromatic N) is 2. The summed E-state index contributed by atoms with van der Waals surface area (Å²) >= 11 is 1.45. The summed E-state index contributed by atoms with van der Waals surface area (Å²) in [5, 5.41) is 0. The summed E-state index contributed by atoms with van der Waals surface area (Å²) in [6, 6.07) is 3.13. The predicted octanol–water partition coefficient (Wildman–Crippen LogP) is 3.54. The van der Waals surface area contributed by atoms with Crippen molar-refractivity contribution in [2.75, 3.05) is 0 Å². The van der Waals surface area contributed by atoms with Crippen molar-refractivity contribution >= 4 is 23.5 Å². The van der Waals surface area contributed by atoms with Crippen LogP contribution >= 0.6 is 11.3 Å². The van der Waals surface area contributed by atoms with Gasteiger partial charge in [0, 0.05) is 17.8 Å². The van der Waals surface area contributed by atoms with Crippen molar-refractivity contribution < 1.29 is 18.3 Å². The molecule has 0 unspecified atom stereocenters. The molecule has 0 spiro atoms. The Balaban J connectivity index is 1.62.